The first kappa shape index (κ1) is 12.6. The van der Waals surface area contributed by atoms with Crippen LogP contribution in [0.15, 0.2) is 12.3 Å². The number of ether oxygens (including phenoxy) is 1. The summed E-state index contributed by atoms with van der Waals surface area (Å²) in [5.74, 6) is 0. The fourth-order valence-corrected chi connectivity index (χ4v) is 2.51. The highest BCUT2D eigenvalue weighted by atomic mass is 16.5. The maximum absolute atomic E-state index is 5.56. The minimum Gasteiger partial charge on any atom is -0.381 e. The molecule has 0 bridgehead atoms. The van der Waals surface area contributed by atoms with Gasteiger partial charge >= 0.3 is 0 Å². The molecule has 1 N–H and O–H groups in total. The number of nitrogens with zero attached hydrogens (tertiary/aromatic N) is 2. The van der Waals surface area contributed by atoms with Gasteiger partial charge in [0.05, 0.1) is 12.3 Å². The van der Waals surface area contributed by atoms with Crippen LogP contribution < -0.4 is 5.32 Å². The summed E-state index contributed by atoms with van der Waals surface area (Å²) >= 11 is 0. The summed E-state index contributed by atoms with van der Waals surface area (Å²) in [6.07, 6.45) is 4.21. The van der Waals surface area contributed by atoms with Gasteiger partial charge in [-0.15, -0.1) is 0 Å². The third kappa shape index (κ3) is 2.87. The van der Waals surface area contributed by atoms with Gasteiger partial charge in [-0.25, -0.2) is 0 Å². The average molecular weight is 237 g/mol. The van der Waals surface area contributed by atoms with Crippen LogP contribution in [0.3, 0.4) is 0 Å². The number of nitrogens with one attached hydrogen (secondary N) is 1. The number of hydrogen-bond acceptors (Lipinski definition) is 3. The highest BCUT2D eigenvalue weighted by molar-refractivity contribution is 5.05. The van der Waals surface area contributed by atoms with Gasteiger partial charge in [-0.1, -0.05) is 0 Å². The van der Waals surface area contributed by atoms with Gasteiger partial charge in [-0.2, -0.15) is 5.10 Å². The Kier molecular flexibility index (Phi) is 3.84. The predicted molar refractivity (Wildman–Crippen MR) is 68.1 cm³/mol. The standard InChI is InChI=1S/C13H23N3O/c1-11(2)16-6-4-12(15-16)8-13(9-14-3)5-7-17-10-13/h4,6,11,14H,5,7-10H2,1-3H3. The van der Waals surface area contributed by atoms with E-state index in [4.69, 9.17) is 4.74 Å². The van der Waals surface area contributed by atoms with Gasteiger partial charge in [0.25, 0.3) is 0 Å². The Morgan fingerprint density at radius 3 is 2.94 bits per heavy atom. The van der Waals surface area contributed by atoms with Crippen molar-refractivity contribution in [2.75, 3.05) is 26.8 Å². The zero-order chi connectivity index (χ0) is 12.3. The SMILES string of the molecule is CNCC1(Cc2ccn(C(C)C)n2)CCOC1. The van der Waals surface area contributed by atoms with Crippen LogP contribution in [0, 0.1) is 5.41 Å². The zero-order valence-electron chi connectivity index (χ0n) is 11.1. The van der Waals surface area contributed by atoms with Crippen LogP contribution in [-0.2, 0) is 11.2 Å². The first-order valence-electron chi connectivity index (χ1n) is 6.42. The van der Waals surface area contributed by atoms with Crippen molar-refractivity contribution < 1.29 is 4.74 Å². The van der Waals surface area contributed by atoms with E-state index in [1.54, 1.807) is 0 Å². The first-order valence-corrected chi connectivity index (χ1v) is 6.42. The van der Waals surface area contributed by atoms with Crippen molar-refractivity contribution in [3.05, 3.63) is 18.0 Å². The van der Waals surface area contributed by atoms with Crippen molar-refractivity contribution in [2.45, 2.75) is 32.7 Å². The van der Waals surface area contributed by atoms with E-state index in [1.807, 2.05) is 11.7 Å². The summed E-state index contributed by atoms with van der Waals surface area (Å²) < 4.78 is 7.59. The molecule has 0 aliphatic carbocycles. The molecule has 2 heterocycles. The van der Waals surface area contributed by atoms with Gasteiger partial charge in [0.2, 0.25) is 0 Å². The second kappa shape index (κ2) is 5.19. The normalized spacial score (nSPS) is 24.7. The molecule has 1 atom stereocenters. The molecule has 17 heavy (non-hydrogen) atoms. The molecule has 1 aromatic heterocycles. The monoisotopic (exact) mass is 237 g/mol. The van der Waals surface area contributed by atoms with Crippen molar-refractivity contribution >= 4 is 0 Å². The highest BCUT2D eigenvalue weighted by Crippen LogP contribution is 2.31. The summed E-state index contributed by atoms with van der Waals surface area (Å²) in [4.78, 5) is 0. The topological polar surface area (TPSA) is 39.1 Å². The number of aromatic nitrogens is 2. The largest absolute Gasteiger partial charge is 0.381 e. The maximum Gasteiger partial charge on any atom is 0.0631 e. The quantitative estimate of drug-likeness (QED) is 0.846. The molecule has 0 saturated carbocycles. The Balaban J connectivity index is 2.06. The summed E-state index contributed by atoms with van der Waals surface area (Å²) in [5, 5.41) is 7.92. The lowest BCUT2D eigenvalue weighted by atomic mass is 9.82. The van der Waals surface area contributed by atoms with Crippen molar-refractivity contribution in [1.29, 1.82) is 0 Å². The molecule has 0 radical (unpaired) electrons. The number of hydrogen-bond donors (Lipinski definition) is 1. The van der Waals surface area contributed by atoms with E-state index < -0.39 is 0 Å². The van der Waals surface area contributed by atoms with Gasteiger partial charge in [-0.3, -0.25) is 4.68 Å². The second-order valence-electron chi connectivity index (χ2n) is 5.39. The third-order valence-electron chi connectivity index (χ3n) is 3.49. The van der Waals surface area contributed by atoms with Gasteiger partial charge < -0.3 is 10.1 Å². The van der Waals surface area contributed by atoms with E-state index >= 15 is 0 Å². The fraction of sp³-hybridized carbons (Fsp3) is 0.769. The molecular formula is C13H23N3O. The minimum absolute atomic E-state index is 0.241. The van der Waals surface area contributed by atoms with E-state index in [0.29, 0.717) is 6.04 Å². The van der Waals surface area contributed by atoms with Crippen molar-refractivity contribution in [2.24, 2.45) is 5.41 Å². The van der Waals surface area contributed by atoms with E-state index in [0.717, 1.165) is 32.6 Å². The lowest BCUT2D eigenvalue weighted by molar-refractivity contribution is 0.150. The van der Waals surface area contributed by atoms with Crippen molar-refractivity contribution in [3.63, 3.8) is 0 Å². The van der Waals surface area contributed by atoms with Crippen LogP contribution in [0.2, 0.25) is 0 Å². The lowest BCUT2D eigenvalue weighted by Gasteiger charge is -2.26. The molecule has 1 aliphatic heterocycles. The molecule has 1 aliphatic rings. The summed E-state index contributed by atoms with van der Waals surface area (Å²) in [7, 11) is 2.01. The van der Waals surface area contributed by atoms with Crippen molar-refractivity contribution in [1.82, 2.24) is 15.1 Å². The molecule has 4 heteroatoms. The Hall–Kier alpha value is -0.870. The van der Waals surface area contributed by atoms with Crippen LogP contribution in [-0.4, -0.2) is 36.6 Å². The number of rotatable bonds is 5. The highest BCUT2D eigenvalue weighted by Gasteiger charge is 2.35. The lowest BCUT2D eigenvalue weighted by Crippen LogP contribution is -2.35. The molecule has 1 aromatic rings. The summed E-state index contributed by atoms with van der Waals surface area (Å²) in [6.45, 7) is 7.04. The molecule has 4 nitrogen and oxygen atoms in total. The molecule has 0 spiro atoms. The Bertz CT molecular complexity index is 353. The van der Waals surface area contributed by atoms with E-state index in [2.05, 4.69) is 36.5 Å². The predicted octanol–water partition coefficient (Wildman–Crippen LogP) is 1.63. The van der Waals surface area contributed by atoms with Crippen LogP contribution >= 0.6 is 0 Å². The van der Waals surface area contributed by atoms with Crippen LogP contribution in [0.4, 0.5) is 0 Å². The van der Waals surface area contributed by atoms with E-state index in [-0.39, 0.29) is 5.41 Å². The van der Waals surface area contributed by atoms with Gasteiger partial charge in [0.1, 0.15) is 0 Å². The molecule has 2 rings (SSSR count). The summed E-state index contributed by atoms with van der Waals surface area (Å²) in [6, 6.07) is 2.57. The van der Waals surface area contributed by atoms with Gasteiger partial charge in [0.15, 0.2) is 0 Å². The van der Waals surface area contributed by atoms with Crippen LogP contribution in [0.25, 0.3) is 0 Å². The Labute approximate surface area is 103 Å². The Morgan fingerprint density at radius 2 is 2.41 bits per heavy atom. The molecule has 1 saturated heterocycles. The van der Waals surface area contributed by atoms with Gasteiger partial charge in [0, 0.05) is 37.2 Å². The van der Waals surface area contributed by atoms with Gasteiger partial charge in [-0.05, 0) is 33.4 Å². The van der Waals surface area contributed by atoms with Crippen LogP contribution in [0.5, 0.6) is 0 Å². The molecule has 1 unspecified atom stereocenters. The Morgan fingerprint density at radius 1 is 1.59 bits per heavy atom. The van der Waals surface area contributed by atoms with Crippen molar-refractivity contribution in [3.8, 4) is 0 Å². The minimum atomic E-state index is 0.241. The average Bonchev–Trinajstić information content (AvgIpc) is 2.89. The van der Waals surface area contributed by atoms with E-state index in [9.17, 15) is 0 Å². The smallest absolute Gasteiger partial charge is 0.0631 e. The molecule has 0 aromatic carbocycles. The summed E-state index contributed by atoms with van der Waals surface area (Å²) in [5.41, 5.74) is 1.42. The third-order valence-corrected chi connectivity index (χ3v) is 3.49. The first-order chi connectivity index (χ1) is 8.15. The maximum atomic E-state index is 5.56. The molecule has 0 amide bonds. The fourth-order valence-electron chi connectivity index (χ4n) is 2.51. The zero-order valence-corrected chi connectivity index (χ0v) is 11.1. The molecular weight excluding hydrogens is 214 g/mol. The molecule has 96 valence electrons. The second-order valence-corrected chi connectivity index (χ2v) is 5.39. The molecule has 1 fully saturated rings. The van der Waals surface area contributed by atoms with Crippen LogP contribution in [0.1, 0.15) is 32.0 Å². The van der Waals surface area contributed by atoms with E-state index in [1.165, 1.54) is 5.69 Å².